The van der Waals surface area contributed by atoms with Crippen LogP contribution in [-0.4, -0.2) is 37.6 Å². The van der Waals surface area contributed by atoms with E-state index >= 15 is 0 Å². The first-order valence-corrected chi connectivity index (χ1v) is 8.99. The van der Waals surface area contributed by atoms with Crippen molar-refractivity contribution in [2.75, 3.05) is 26.7 Å². The number of nitrogens with one attached hydrogen (secondary N) is 1. The Kier molecular flexibility index (Phi) is 6.67. The van der Waals surface area contributed by atoms with Gasteiger partial charge in [-0.25, -0.2) is 0 Å². The second-order valence-corrected chi connectivity index (χ2v) is 8.05. The highest BCUT2D eigenvalue weighted by Gasteiger charge is 2.24. The molecule has 1 amide bonds. The zero-order chi connectivity index (χ0) is 17.6. The monoisotopic (exact) mass is 332 g/mol. The fourth-order valence-corrected chi connectivity index (χ4v) is 3.15. The fourth-order valence-electron chi connectivity index (χ4n) is 3.15. The molecular formula is C20H32N2O2. The van der Waals surface area contributed by atoms with E-state index in [4.69, 9.17) is 4.74 Å². The van der Waals surface area contributed by atoms with Crippen molar-refractivity contribution in [1.82, 2.24) is 10.2 Å². The average molecular weight is 332 g/mol. The summed E-state index contributed by atoms with van der Waals surface area (Å²) in [6.07, 6.45) is 2.90. The molecule has 1 aromatic rings. The predicted molar refractivity (Wildman–Crippen MR) is 98.1 cm³/mol. The number of hydrogen-bond acceptors (Lipinski definition) is 3. The Hall–Kier alpha value is -1.55. The SMILES string of the molecule is COc1ccc(CN(CC2CCNCC2)C(=O)CC(C)(C)C)cc1. The Morgan fingerprint density at radius 1 is 1.21 bits per heavy atom. The zero-order valence-electron chi connectivity index (χ0n) is 15.6. The number of hydrogen-bond donors (Lipinski definition) is 1. The number of rotatable bonds is 6. The topological polar surface area (TPSA) is 41.6 Å². The quantitative estimate of drug-likeness (QED) is 0.867. The van der Waals surface area contributed by atoms with Crippen LogP contribution in [0.3, 0.4) is 0 Å². The van der Waals surface area contributed by atoms with E-state index in [1.165, 1.54) is 0 Å². The minimum Gasteiger partial charge on any atom is -0.497 e. The van der Waals surface area contributed by atoms with Gasteiger partial charge in [0, 0.05) is 19.5 Å². The summed E-state index contributed by atoms with van der Waals surface area (Å²) in [5.41, 5.74) is 1.18. The van der Waals surface area contributed by atoms with Crippen molar-refractivity contribution in [3.8, 4) is 5.75 Å². The summed E-state index contributed by atoms with van der Waals surface area (Å²) >= 11 is 0. The number of piperidine rings is 1. The second kappa shape index (κ2) is 8.52. The first kappa shape index (κ1) is 18.8. The molecule has 1 aromatic carbocycles. The molecule has 0 radical (unpaired) electrons. The molecule has 134 valence electrons. The Morgan fingerprint density at radius 3 is 2.38 bits per heavy atom. The summed E-state index contributed by atoms with van der Waals surface area (Å²) in [4.78, 5) is 14.9. The van der Waals surface area contributed by atoms with Crippen molar-refractivity contribution >= 4 is 5.91 Å². The van der Waals surface area contributed by atoms with Crippen LogP contribution in [0.2, 0.25) is 0 Å². The molecule has 0 unspecified atom stereocenters. The van der Waals surface area contributed by atoms with E-state index in [2.05, 4.69) is 43.1 Å². The maximum absolute atomic E-state index is 12.8. The van der Waals surface area contributed by atoms with Gasteiger partial charge in [-0.1, -0.05) is 32.9 Å². The Bertz CT molecular complexity index is 513. The van der Waals surface area contributed by atoms with Gasteiger partial charge >= 0.3 is 0 Å². The standard InChI is InChI=1S/C20H32N2O2/c1-20(2,3)13-19(23)22(15-17-9-11-21-12-10-17)14-16-5-7-18(24-4)8-6-16/h5-8,17,21H,9-15H2,1-4H3. The lowest BCUT2D eigenvalue weighted by Gasteiger charge is -2.32. The molecule has 0 spiro atoms. The first-order valence-electron chi connectivity index (χ1n) is 8.99. The van der Waals surface area contributed by atoms with Gasteiger partial charge in [0.05, 0.1) is 7.11 Å². The van der Waals surface area contributed by atoms with Gasteiger partial charge in [-0.15, -0.1) is 0 Å². The molecule has 0 aromatic heterocycles. The number of carbonyl (C=O) groups excluding carboxylic acids is 1. The van der Waals surface area contributed by atoms with Crippen LogP contribution in [0.4, 0.5) is 0 Å². The smallest absolute Gasteiger partial charge is 0.223 e. The van der Waals surface area contributed by atoms with Crippen LogP contribution >= 0.6 is 0 Å². The number of benzene rings is 1. The molecule has 0 aliphatic carbocycles. The van der Waals surface area contributed by atoms with E-state index in [0.717, 1.165) is 43.8 Å². The normalized spacial score (nSPS) is 16.0. The van der Waals surface area contributed by atoms with E-state index in [9.17, 15) is 4.79 Å². The van der Waals surface area contributed by atoms with Crippen molar-refractivity contribution in [3.63, 3.8) is 0 Å². The molecule has 0 bridgehead atoms. The largest absolute Gasteiger partial charge is 0.497 e. The first-order chi connectivity index (χ1) is 11.4. The lowest BCUT2D eigenvalue weighted by molar-refractivity contribution is -0.134. The van der Waals surface area contributed by atoms with Crippen LogP contribution in [0.15, 0.2) is 24.3 Å². The van der Waals surface area contributed by atoms with Crippen LogP contribution in [-0.2, 0) is 11.3 Å². The average Bonchev–Trinajstić information content (AvgIpc) is 2.54. The van der Waals surface area contributed by atoms with Crippen molar-refractivity contribution < 1.29 is 9.53 Å². The maximum atomic E-state index is 12.8. The van der Waals surface area contributed by atoms with Gasteiger partial charge in [0.15, 0.2) is 0 Å². The minimum atomic E-state index is 0.0172. The summed E-state index contributed by atoms with van der Waals surface area (Å²) in [5.74, 6) is 1.72. The van der Waals surface area contributed by atoms with Crippen LogP contribution in [0.1, 0.15) is 45.6 Å². The molecule has 1 fully saturated rings. The highest BCUT2D eigenvalue weighted by molar-refractivity contribution is 5.76. The van der Waals surface area contributed by atoms with E-state index in [1.807, 2.05) is 12.1 Å². The molecule has 1 aliphatic heterocycles. The van der Waals surface area contributed by atoms with Gasteiger partial charge in [-0.2, -0.15) is 0 Å². The summed E-state index contributed by atoms with van der Waals surface area (Å²) in [5, 5.41) is 3.40. The molecule has 4 heteroatoms. The zero-order valence-corrected chi connectivity index (χ0v) is 15.6. The van der Waals surface area contributed by atoms with E-state index in [0.29, 0.717) is 18.9 Å². The number of amides is 1. The van der Waals surface area contributed by atoms with E-state index < -0.39 is 0 Å². The number of carbonyl (C=O) groups is 1. The van der Waals surface area contributed by atoms with Crippen molar-refractivity contribution in [1.29, 1.82) is 0 Å². The van der Waals surface area contributed by atoms with E-state index in [1.54, 1.807) is 7.11 Å². The molecule has 4 nitrogen and oxygen atoms in total. The molecule has 0 atom stereocenters. The van der Waals surface area contributed by atoms with Crippen molar-refractivity contribution in [2.24, 2.45) is 11.3 Å². The van der Waals surface area contributed by atoms with E-state index in [-0.39, 0.29) is 11.3 Å². The third kappa shape index (κ3) is 6.16. The molecule has 1 N–H and O–H groups in total. The lowest BCUT2D eigenvalue weighted by Crippen LogP contribution is -2.40. The van der Waals surface area contributed by atoms with Crippen LogP contribution in [0, 0.1) is 11.3 Å². The van der Waals surface area contributed by atoms with Crippen LogP contribution in [0.5, 0.6) is 5.75 Å². The highest BCUT2D eigenvalue weighted by Crippen LogP contribution is 2.23. The van der Waals surface area contributed by atoms with Gasteiger partial charge in [0.2, 0.25) is 5.91 Å². The Labute approximate surface area is 146 Å². The third-order valence-corrected chi connectivity index (χ3v) is 4.50. The molecular weight excluding hydrogens is 300 g/mol. The summed E-state index contributed by atoms with van der Waals surface area (Å²) in [7, 11) is 1.67. The predicted octanol–water partition coefficient (Wildman–Crippen LogP) is 3.46. The van der Waals surface area contributed by atoms with Crippen molar-refractivity contribution in [3.05, 3.63) is 29.8 Å². The maximum Gasteiger partial charge on any atom is 0.223 e. The highest BCUT2D eigenvalue weighted by atomic mass is 16.5. The molecule has 1 saturated heterocycles. The van der Waals surface area contributed by atoms with Crippen LogP contribution in [0.25, 0.3) is 0 Å². The van der Waals surface area contributed by atoms with Crippen LogP contribution < -0.4 is 10.1 Å². The van der Waals surface area contributed by atoms with Crippen molar-refractivity contribution in [2.45, 2.75) is 46.6 Å². The van der Waals surface area contributed by atoms with Gasteiger partial charge in [0.25, 0.3) is 0 Å². The fraction of sp³-hybridized carbons (Fsp3) is 0.650. The lowest BCUT2D eigenvalue weighted by atomic mass is 9.90. The van der Waals surface area contributed by atoms with Gasteiger partial charge < -0.3 is 15.0 Å². The number of ether oxygens (including phenoxy) is 1. The van der Waals surface area contributed by atoms with Gasteiger partial charge in [-0.05, 0) is 55.0 Å². The van der Waals surface area contributed by atoms with Gasteiger partial charge in [0.1, 0.15) is 5.75 Å². The molecule has 24 heavy (non-hydrogen) atoms. The second-order valence-electron chi connectivity index (χ2n) is 8.05. The minimum absolute atomic E-state index is 0.0172. The molecule has 1 heterocycles. The molecule has 0 saturated carbocycles. The summed E-state index contributed by atoms with van der Waals surface area (Å²) in [6.45, 7) is 10.1. The number of methoxy groups -OCH3 is 1. The Morgan fingerprint density at radius 2 is 1.83 bits per heavy atom. The molecule has 2 rings (SSSR count). The molecule has 1 aliphatic rings. The number of nitrogens with zero attached hydrogens (tertiary/aromatic N) is 1. The summed E-state index contributed by atoms with van der Waals surface area (Å²) < 4.78 is 5.22. The third-order valence-electron chi connectivity index (χ3n) is 4.50. The Balaban J connectivity index is 2.06. The van der Waals surface area contributed by atoms with Gasteiger partial charge in [-0.3, -0.25) is 4.79 Å². The summed E-state index contributed by atoms with van der Waals surface area (Å²) in [6, 6.07) is 8.04.